The predicted molar refractivity (Wildman–Crippen MR) is 81.9 cm³/mol. The molecule has 0 aromatic heterocycles. The molecule has 19 heavy (non-hydrogen) atoms. The summed E-state index contributed by atoms with van der Waals surface area (Å²) in [7, 11) is 2.17. The van der Waals surface area contributed by atoms with Crippen LogP contribution in [0, 0.1) is 5.82 Å². The molecule has 1 aliphatic carbocycles. The van der Waals surface area contributed by atoms with Gasteiger partial charge in [0.2, 0.25) is 0 Å². The first-order valence-corrected chi connectivity index (χ1v) is 7.56. The third-order valence-corrected chi connectivity index (χ3v) is 4.43. The summed E-state index contributed by atoms with van der Waals surface area (Å²) in [6.45, 7) is 1.79. The normalized spacial score (nSPS) is 16.2. The van der Waals surface area contributed by atoms with Gasteiger partial charge >= 0.3 is 0 Å². The van der Waals surface area contributed by atoms with Crippen molar-refractivity contribution in [3.05, 3.63) is 22.4 Å². The van der Waals surface area contributed by atoms with Crippen molar-refractivity contribution in [2.75, 3.05) is 31.2 Å². The molecule has 0 saturated heterocycles. The van der Waals surface area contributed by atoms with Crippen LogP contribution in [0.25, 0.3) is 0 Å². The number of anilines is 2. The summed E-state index contributed by atoms with van der Waals surface area (Å²) >= 11 is 3.17. The van der Waals surface area contributed by atoms with Gasteiger partial charge in [0.05, 0.1) is 15.8 Å². The fourth-order valence-corrected chi connectivity index (χ4v) is 2.95. The second-order valence-electron chi connectivity index (χ2n) is 5.20. The van der Waals surface area contributed by atoms with E-state index in [1.54, 1.807) is 6.07 Å². The van der Waals surface area contributed by atoms with Crippen LogP contribution in [0.1, 0.15) is 25.7 Å². The van der Waals surface area contributed by atoms with Gasteiger partial charge in [-0.1, -0.05) is 12.8 Å². The largest absolute Gasteiger partial charge is 0.397 e. The van der Waals surface area contributed by atoms with Gasteiger partial charge in [-0.3, -0.25) is 0 Å². The molecule has 0 radical (unpaired) electrons. The SMILES string of the molecule is CN(CCNc1cc(Br)c(F)cc1N)C1CCCC1. The van der Waals surface area contributed by atoms with Gasteiger partial charge in [0.1, 0.15) is 5.82 Å². The molecule has 0 atom stereocenters. The first-order valence-electron chi connectivity index (χ1n) is 6.76. The Hall–Kier alpha value is -0.810. The van der Waals surface area contributed by atoms with Gasteiger partial charge in [0.25, 0.3) is 0 Å². The molecule has 0 aliphatic heterocycles. The zero-order valence-corrected chi connectivity index (χ0v) is 12.8. The van der Waals surface area contributed by atoms with Gasteiger partial charge in [-0.05, 0) is 41.9 Å². The molecule has 1 aromatic rings. The van der Waals surface area contributed by atoms with Crippen molar-refractivity contribution in [3.63, 3.8) is 0 Å². The summed E-state index contributed by atoms with van der Waals surface area (Å²) in [6, 6.07) is 3.76. The number of hydrogen-bond donors (Lipinski definition) is 2. The average Bonchev–Trinajstić information content (AvgIpc) is 2.89. The van der Waals surface area contributed by atoms with Crippen molar-refractivity contribution in [1.29, 1.82) is 0 Å². The van der Waals surface area contributed by atoms with Crippen molar-refractivity contribution in [1.82, 2.24) is 4.90 Å². The van der Waals surface area contributed by atoms with Crippen LogP contribution in [-0.2, 0) is 0 Å². The highest BCUT2D eigenvalue weighted by Crippen LogP contribution is 2.26. The van der Waals surface area contributed by atoms with Crippen molar-refractivity contribution >= 4 is 27.3 Å². The number of rotatable bonds is 5. The van der Waals surface area contributed by atoms with E-state index < -0.39 is 0 Å². The Bertz CT molecular complexity index is 433. The summed E-state index contributed by atoms with van der Waals surface area (Å²) in [5.74, 6) is -0.328. The van der Waals surface area contributed by atoms with Crippen LogP contribution in [0.15, 0.2) is 16.6 Å². The lowest BCUT2D eigenvalue weighted by molar-refractivity contribution is 0.254. The molecule has 1 aromatic carbocycles. The number of hydrogen-bond acceptors (Lipinski definition) is 3. The molecule has 2 rings (SSSR count). The Kier molecular flexibility index (Phi) is 5.05. The Balaban J connectivity index is 1.83. The van der Waals surface area contributed by atoms with E-state index in [1.165, 1.54) is 31.7 Å². The summed E-state index contributed by atoms with van der Waals surface area (Å²) in [5.41, 5.74) is 7.03. The van der Waals surface area contributed by atoms with Gasteiger partial charge in [-0.25, -0.2) is 4.39 Å². The number of nitrogens with zero attached hydrogens (tertiary/aromatic N) is 1. The van der Waals surface area contributed by atoms with Gasteiger partial charge in [0.15, 0.2) is 0 Å². The van der Waals surface area contributed by atoms with Crippen molar-refractivity contribution < 1.29 is 4.39 Å². The fourth-order valence-electron chi connectivity index (χ4n) is 2.61. The van der Waals surface area contributed by atoms with Gasteiger partial charge in [-0.15, -0.1) is 0 Å². The number of likely N-dealkylation sites (N-methyl/N-ethyl adjacent to an activating group) is 1. The number of nitrogens with two attached hydrogens (primary N) is 1. The highest BCUT2D eigenvalue weighted by molar-refractivity contribution is 9.10. The number of nitrogen functional groups attached to an aromatic ring is 1. The lowest BCUT2D eigenvalue weighted by Crippen LogP contribution is -2.33. The molecule has 0 amide bonds. The Morgan fingerprint density at radius 1 is 1.42 bits per heavy atom. The fraction of sp³-hybridized carbons (Fsp3) is 0.571. The Morgan fingerprint density at radius 2 is 2.11 bits per heavy atom. The molecule has 5 heteroatoms. The lowest BCUT2D eigenvalue weighted by Gasteiger charge is -2.24. The highest BCUT2D eigenvalue weighted by atomic mass is 79.9. The number of benzene rings is 1. The van der Waals surface area contributed by atoms with E-state index in [1.807, 2.05) is 0 Å². The minimum Gasteiger partial charge on any atom is -0.397 e. The molecule has 106 valence electrons. The second kappa shape index (κ2) is 6.57. The van der Waals surface area contributed by atoms with E-state index in [2.05, 4.69) is 33.2 Å². The van der Waals surface area contributed by atoms with Crippen molar-refractivity contribution in [3.8, 4) is 0 Å². The Morgan fingerprint density at radius 3 is 2.79 bits per heavy atom. The van der Waals surface area contributed by atoms with E-state index in [0.29, 0.717) is 10.2 Å². The monoisotopic (exact) mass is 329 g/mol. The molecule has 0 bridgehead atoms. The molecule has 1 fully saturated rings. The van der Waals surface area contributed by atoms with Crippen LogP contribution in [0.2, 0.25) is 0 Å². The van der Waals surface area contributed by atoms with Crippen LogP contribution in [-0.4, -0.2) is 31.1 Å². The summed E-state index contributed by atoms with van der Waals surface area (Å²) in [4.78, 5) is 2.40. The topological polar surface area (TPSA) is 41.3 Å². The van der Waals surface area contributed by atoms with Crippen LogP contribution < -0.4 is 11.1 Å². The molecule has 3 nitrogen and oxygen atoms in total. The molecule has 0 heterocycles. The third kappa shape index (κ3) is 3.83. The maximum absolute atomic E-state index is 13.3. The van der Waals surface area contributed by atoms with E-state index >= 15 is 0 Å². The molecule has 0 unspecified atom stereocenters. The first kappa shape index (κ1) is 14.6. The average molecular weight is 330 g/mol. The van der Waals surface area contributed by atoms with Crippen LogP contribution >= 0.6 is 15.9 Å². The summed E-state index contributed by atoms with van der Waals surface area (Å²) < 4.78 is 13.7. The van der Waals surface area contributed by atoms with Crippen LogP contribution in [0.3, 0.4) is 0 Å². The van der Waals surface area contributed by atoms with Crippen LogP contribution in [0.4, 0.5) is 15.8 Å². The van der Waals surface area contributed by atoms with E-state index in [-0.39, 0.29) is 5.82 Å². The smallest absolute Gasteiger partial charge is 0.139 e. The zero-order valence-electron chi connectivity index (χ0n) is 11.3. The molecule has 1 saturated carbocycles. The van der Waals surface area contributed by atoms with Crippen molar-refractivity contribution in [2.45, 2.75) is 31.7 Å². The van der Waals surface area contributed by atoms with E-state index in [0.717, 1.165) is 24.8 Å². The van der Waals surface area contributed by atoms with Crippen LogP contribution in [0.5, 0.6) is 0 Å². The molecule has 3 N–H and O–H groups in total. The summed E-state index contributed by atoms with van der Waals surface area (Å²) in [6.07, 6.45) is 5.31. The number of halogens is 2. The minimum absolute atomic E-state index is 0.328. The quantitative estimate of drug-likeness (QED) is 0.813. The highest BCUT2D eigenvalue weighted by Gasteiger charge is 2.18. The third-order valence-electron chi connectivity index (χ3n) is 3.82. The maximum Gasteiger partial charge on any atom is 0.139 e. The summed E-state index contributed by atoms with van der Waals surface area (Å²) in [5, 5.41) is 3.27. The maximum atomic E-state index is 13.3. The number of nitrogens with one attached hydrogen (secondary N) is 1. The Labute approximate surface area is 122 Å². The first-order chi connectivity index (χ1) is 9.08. The molecule has 0 spiro atoms. The molecular formula is C14H21BrFN3. The standard InChI is InChI=1S/C14H21BrFN3/c1-19(10-4-2-3-5-10)7-6-18-14-8-11(15)12(16)9-13(14)17/h8-10,18H,2-7,17H2,1H3. The minimum atomic E-state index is -0.328. The van der Waals surface area contributed by atoms with Gasteiger partial charge < -0.3 is 16.0 Å². The molecule has 1 aliphatic rings. The lowest BCUT2D eigenvalue weighted by atomic mass is 10.2. The van der Waals surface area contributed by atoms with E-state index in [4.69, 9.17) is 5.73 Å². The van der Waals surface area contributed by atoms with E-state index in [9.17, 15) is 4.39 Å². The molecular weight excluding hydrogens is 309 g/mol. The van der Waals surface area contributed by atoms with Crippen molar-refractivity contribution in [2.24, 2.45) is 0 Å². The predicted octanol–water partition coefficient (Wildman–Crippen LogP) is 3.46. The van der Waals surface area contributed by atoms with Gasteiger partial charge in [-0.2, -0.15) is 0 Å². The second-order valence-corrected chi connectivity index (χ2v) is 6.05. The zero-order chi connectivity index (χ0) is 13.8. The van der Waals surface area contributed by atoms with Gasteiger partial charge in [0, 0.05) is 25.2 Å².